The van der Waals surface area contributed by atoms with Gasteiger partial charge in [0, 0.05) is 23.8 Å². The lowest BCUT2D eigenvalue weighted by Crippen LogP contribution is -2.31. The number of anilines is 2. The lowest BCUT2D eigenvalue weighted by atomic mass is 10.1. The lowest BCUT2D eigenvalue weighted by Gasteiger charge is -2.26. The first kappa shape index (κ1) is 16.8. The van der Waals surface area contributed by atoms with Gasteiger partial charge in [0.25, 0.3) is 5.91 Å². The van der Waals surface area contributed by atoms with Gasteiger partial charge in [-0.2, -0.15) is 0 Å². The molecule has 1 aliphatic rings. The number of benzene rings is 1. The number of amides is 1. The molecule has 1 aromatic heterocycles. The number of nitrogens with one attached hydrogen (secondary N) is 1. The number of carbonyl (C=O) groups excluding carboxylic acids is 1. The number of piperidine rings is 1. The number of carbonyl (C=O) groups is 1. The van der Waals surface area contributed by atoms with Gasteiger partial charge in [-0.25, -0.2) is 14.4 Å². The summed E-state index contributed by atoms with van der Waals surface area (Å²) in [6.07, 6.45) is 5.01. The predicted molar refractivity (Wildman–Crippen MR) is 94.9 cm³/mol. The number of aryl methyl sites for hydroxylation is 1. The Morgan fingerprint density at radius 2 is 2.04 bits per heavy atom. The standard InChI is InChI=1S/C17H18BrFN4O/c1-11-13(10-20-17(21-11)23-7-3-2-4-8-23)16(24)22-15-6-5-12(18)9-14(15)19/h5-6,9-10H,2-4,7-8H2,1H3,(H,22,24). The predicted octanol–water partition coefficient (Wildman–Crippen LogP) is 3.93. The Labute approximate surface area is 148 Å². The van der Waals surface area contributed by atoms with Crippen molar-refractivity contribution in [2.24, 2.45) is 0 Å². The Balaban J connectivity index is 1.77. The van der Waals surface area contributed by atoms with Crippen LogP contribution >= 0.6 is 15.9 Å². The Bertz CT molecular complexity index is 762. The lowest BCUT2D eigenvalue weighted by molar-refractivity contribution is 0.102. The van der Waals surface area contributed by atoms with E-state index in [1.807, 2.05) is 0 Å². The first-order chi connectivity index (χ1) is 11.5. The summed E-state index contributed by atoms with van der Waals surface area (Å²) < 4.78 is 14.5. The molecule has 5 nitrogen and oxygen atoms in total. The van der Waals surface area contributed by atoms with Crippen molar-refractivity contribution < 1.29 is 9.18 Å². The highest BCUT2D eigenvalue weighted by atomic mass is 79.9. The van der Waals surface area contributed by atoms with Gasteiger partial charge in [-0.05, 0) is 44.4 Å². The summed E-state index contributed by atoms with van der Waals surface area (Å²) in [6.45, 7) is 3.64. The molecular weight excluding hydrogens is 375 g/mol. The molecule has 2 heterocycles. The maximum Gasteiger partial charge on any atom is 0.259 e. The van der Waals surface area contributed by atoms with Gasteiger partial charge in [-0.1, -0.05) is 15.9 Å². The van der Waals surface area contributed by atoms with E-state index in [2.05, 4.69) is 36.1 Å². The third-order valence-electron chi connectivity index (χ3n) is 4.03. The summed E-state index contributed by atoms with van der Waals surface area (Å²) in [5, 5.41) is 2.57. The average Bonchev–Trinajstić information content (AvgIpc) is 2.58. The molecule has 1 aromatic carbocycles. The highest BCUT2D eigenvalue weighted by molar-refractivity contribution is 9.10. The molecule has 1 fully saturated rings. The second-order valence-electron chi connectivity index (χ2n) is 5.80. The normalized spacial score (nSPS) is 14.5. The number of rotatable bonds is 3. The number of hydrogen-bond acceptors (Lipinski definition) is 4. The number of aromatic nitrogens is 2. The number of halogens is 2. The first-order valence-corrected chi connectivity index (χ1v) is 8.69. The zero-order valence-electron chi connectivity index (χ0n) is 13.4. The van der Waals surface area contributed by atoms with Crippen LogP contribution in [0.15, 0.2) is 28.9 Å². The molecule has 0 bridgehead atoms. The third kappa shape index (κ3) is 3.72. The van der Waals surface area contributed by atoms with Gasteiger partial charge in [0.15, 0.2) is 0 Å². The van der Waals surface area contributed by atoms with Gasteiger partial charge in [0.2, 0.25) is 5.95 Å². The summed E-state index contributed by atoms with van der Waals surface area (Å²) in [7, 11) is 0. The average molecular weight is 393 g/mol. The van der Waals surface area contributed by atoms with Gasteiger partial charge < -0.3 is 10.2 Å². The zero-order chi connectivity index (χ0) is 17.1. The van der Waals surface area contributed by atoms with Crippen LogP contribution in [-0.2, 0) is 0 Å². The maximum atomic E-state index is 13.9. The van der Waals surface area contributed by atoms with Gasteiger partial charge in [0.1, 0.15) is 5.82 Å². The summed E-state index contributed by atoms with van der Waals surface area (Å²) in [6, 6.07) is 4.48. The smallest absolute Gasteiger partial charge is 0.259 e. The largest absolute Gasteiger partial charge is 0.341 e. The number of nitrogens with zero attached hydrogens (tertiary/aromatic N) is 3. The van der Waals surface area contributed by atoms with Crippen LogP contribution in [0.2, 0.25) is 0 Å². The minimum absolute atomic E-state index is 0.128. The molecule has 0 atom stereocenters. The van der Waals surface area contributed by atoms with Crippen molar-refractivity contribution in [1.29, 1.82) is 0 Å². The van der Waals surface area contributed by atoms with Crippen LogP contribution < -0.4 is 10.2 Å². The van der Waals surface area contributed by atoms with Crippen molar-refractivity contribution in [2.75, 3.05) is 23.3 Å². The van der Waals surface area contributed by atoms with E-state index in [-0.39, 0.29) is 5.69 Å². The highest BCUT2D eigenvalue weighted by Gasteiger charge is 2.18. The monoisotopic (exact) mass is 392 g/mol. The van der Waals surface area contributed by atoms with Crippen molar-refractivity contribution in [3.63, 3.8) is 0 Å². The van der Waals surface area contributed by atoms with Crippen LogP contribution in [0, 0.1) is 12.7 Å². The van der Waals surface area contributed by atoms with E-state index in [1.54, 1.807) is 13.0 Å². The summed E-state index contributed by atoms with van der Waals surface area (Å²) in [4.78, 5) is 23.3. The fraction of sp³-hybridized carbons (Fsp3) is 0.353. The van der Waals surface area contributed by atoms with Crippen LogP contribution in [0.25, 0.3) is 0 Å². The Morgan fingerprint density at radius 3 is 2.71 bits per heavy atom. The minimum Gasteiger partial charge on any atom is -0.341 e. The Morgan fingerprint density at radius 1 is 1.29 bits per heavy atom. The van der Waals surface area contributed by atoms with E-state index in [4.69, 9.17) is 0 Å². The van der Waals surface area contributed by atoms with Crippen LogP contribution in [-0.4, -0.2) is 29.0 Å². The maximum absolute atomic E-state index is 13.9. The second kappa shape index (κ2) is 7.25. The van der Waals surface area contributed by atoms with Crippen LogP contribution in [0.1, 0.15) is 35.3 Å². The van der Waals surface area contributed by atoms with E-state index in [0.29, 0.717) is 21.7 Å². The summed E-state index contributed by atoms with van der Waals surface area (Å²) in [5.41, 5.74) is 1.06. The first-order valence-electron chi connectivity index (χ1n) is 7.89. The van der Waals surface area contributed by atoms with Gasteiger partial charge in [-0.3, -0.25) is 4.79 Å². The molecule has 3 rings (SSSR count). The van der Waals surface area contributed by atoms with E-state index in [1.165, 1.54) is 24.8 Å². The summed E-state index contributed by atoms with van der Waals surface area (Å²) >= 11 is 3.19. The van der Waals surface area contributed by atoms with E-state index >= 15 is 0 Å². The van der Waals surface area contributed by atoms with E-state index in [0.717, 1.165) is 25.9 Å². The molecule has 1 N–H and O–H groups in total. The summed E-state index contributed by atoms with van der Waals surface area (Å²) in [5.74, 6) is -0.265. The van der Waals surface area contributed by atoms with E-state index in [9.17, 15) is 9.18 Å². The van der Waals surface area contributed by atoms with Crippen molar-refractivity contribution in [3.05, 3.63) is 45.9 Å². The van der Waals surface area contributed by atoms with Crippen molar-refractivity contribution in [1.82, 2.24) is 9.97 Å². The highest BCUT2D eigenvalue weighted by Crippen LogP contribution is 2.21. The molecule has 1 amide bonds. The SMILES string of the molecule is Cc1nc(N2CCCCC2)ncc1C(=O)Nc1ccc(Br)cc1F. The van der Waals surface area contributed by atoms with Crippen molar-refractivity contribution in [3.8, 4) is 0 Å². The quantitative estimate of drug-likeness (QED) is 0.859. The second-order valence-corrected chi connectivity index (χ2v) is 6.71. The Kier molecular flexibility index (Phi) is 5.08. The molecular formula is C17H18BrFN4O. The molecule has 0 aliphatic carbocycles. The molecule has 126 valence electrons. The van der Waals surface area contributed by atoms with Gasteiger partial charge in [0.05, 0.1) is 16.9 Å². The van der Waals surface area contributed by atoms with E-state index < -0.39 is 11.7 Å². The van der Waals surface area contributed by atoms with Crippen LogP contribution in [0.4, 0.5) is 16.0 Å². The van der Waals surface area contributed by atoms with Crippen molar-refractivity contribution >= 4 is 33.5 Å². The minimum atomic E-state index is -0.499. The molecule has 1 aliphatic heterocycles. The molecule has 0 saturated carbocycles. The van der Waals surface area contributed by atoms with Gasteiger partial charge in [-0.15, -0.1) is 0 Å². The molecule has 0 unspecified atom stereocenters. The molecule has 2 aromatic rings. The van der Waals surface area contributed by atoms with Gasteiger partial charge >= 0.3 is 0 Å². The fourth-order valence-electron chi connectivity index (χ4n) is 2.70. The molecule has 7 heteroatoms. The molecule has 24 heavy (non-hydrogen) atoms. The molecule has 0 radical (unpaired) electrons. The number of hydrogen-bond donors (Lipinski definition) is 1. The fourth-order valence-corrected chi connectivity index (χ4v) is 3.04. The molecule has 1 saturated heterocycles. The van der Waals surface area contributed by atoms with Crippen LogP contribution in [0.5, 0.6) is 0 Å². The Hall–Kier alpha value is -2.02. The zero-order valence-corrected chi connectivity index (χ0v) is 14.9. The van der Waals surface area contributed by atoms with Crippen LogP contribution in [0.3, 0.4) is 0 Å². The molecule has 0 spiro atoms. The van der Waals surface area contributed by atoms with Crippen molar-refractivity contribution in [2.45, 2.75) is 26.2 Å². The topological polar surface area (TPSA) is 58.1 Å². The third-order valence-corrected chi connectivity index (χ3v) is 4.52.